The summed E-state index contributed by atoms with van der Waals surface area (Å²) in [7, 11) is -11.6. The van der Waals surface area contributed by atoms with E-state index in [4.69, 9.17) is 0 Å². The van der Waals surface area contributed by atoms with Gasteiger partial charge in [0, 0.05) is 0 Å². The summed E-state index contributed by atoms with van der Waals surface area (Å²) in [5.74, 6) is 0. The summed E-state index contributed by atoms with van der Waals surface area (Å²) in [6, 6.07) is 0. The first-order valence-corrected chi connectivity index (χ1v) is 7.42. The molecule has 0 saturated carbocycles. The quantitative estimate of drug-likeness (QED) is 0.298. The molecule has 0 rings (SSSR count). The first kappa shape index (κ1) is 20.6. The molecule has 14 nitrogen and oxygen atoms in total. The van der Waals surface area contributed by atoms with Crippen LogP contribution in [-0.4, -0.2) is 23.5 Å². The highest BCUT2D eigenvalue weighted by molar-refractivity contribution is 4.31. The summed E-state index contributed by atoms with van der Waals surface area (Å²) in [6.45, 7) is -1.68. The molecule has 0 heterocycles. The zero-order chi connectivity index (χ0) is 15.7. The molecular formula is C2H4Cl4N2O12. The van der Waals surface area contributed by atoms with Crippen LogP contribution in [0.2, 0.25) is 0 Å². The Kier molecular flexibility index (Phi) is 11.5. The molecule has 20 heavy (non-hydrogen) atoms. The van der Waals surface area contributed by atoms with E-state index in [0.717, 1.165) is 0 Å². The Morgan fingerprint density at radius 1 is 0.500 bits per heavy atom. The van der Waals surface area contributed by atoms with E-state index in [1.807, 2.05) is 0 Å². The van der Waals surface area contributed by atoms with Gasteiger partial charge in [0.1, 0.15) is 10.5 Å². The summed E-state index contributed by atoms with van der Waals surface area (Å²) >= 11 is 0. The molecule has 0 aliphatic carbocycles. The third-order valence-electron chi connectivity index (χ3n) is 0.998. The van der Waals surface area contributed by atoms with E-state index in [-0.39, 0.29) is 10.5 Å². The van der Waals surface area contributed by atoms with Crippen LogP contribution in [0.5, 0.6) is 0 Å². The molecule has 0 N–H and O–H groups in total. The number of hydrogen-bond acceptors (Lipinski definition) is 14. The highest BCUT2D eigenvalue weighted by atomic mass is 35.6. The third-order valence-corrected chi connectivity index (χ3v) is 2.06. The zero-order valence-corrected chi connectivity index (χ0v) is 11.7. The van der Waals surface area contributed by atoms with E-state index in [2.05, 4.69) is 17.6 Å². The maximum absolute atomic E-state index is 10.1. The first-order valence-electron chi connectivity index (χ1n) is 3.71. The molecule has 0 aromatic carbocycles. The van der Waals surface area contributed by atoms with Gasteiger partial charge in [-0.05, 0) is 0 Å². The molecule has 122 valence electrons. The Hall–Kier alpha value is 0.600. The predicted octanol–water partition coefficient (Wildman–Crippen LogP) is -10.3. The topological polar surface area (TPSA) is 228 Å². The van der Waals surface area contributed by atoms with Crippen molar-refractivity contribution in [3.63, 3.8) is 0 Å². The van der Waals surface area contributed by atoms with Gasteiger partial charge in [0.15, 0.2) is 17.6 Å². The van der Waals surface area contributed by atoms with Crippen LogP contribution < -0.4 is 37.3 Å². The van der Waals surface area contributed by atoms with Gasteiger partial charge in [0.2, 0.25) is 0 Å². The molecule has 0 unspecified atom stereocenters. The molecule has 18 heteroatoms. The maximum Gasteiger partial charge on any atom is 0.315 e. The predicted molar refractivity (Wildman–Crippen MR) is 17.8 cm³/mol. The van der Waals surface area contributed by atoms with Gasteiger partial charge in [-0.2, -0.15) is 0 Å². The van der Waals surface area contributed by atoms with Crippen LogP contribution in [0.3, 0.4) is 0 Å². The second kappa shape index (κ2) is 11.2. The molecule has 0 atom stereocenters. The van der Waals surface area contributed by atoms with Crippen LogP contribution >= 0.6 is 0 Å². The standard InChI is InChI=1S/C2H4Cl4N2O12/c9-3(10)17-7(18-4(11)12)1-2-8(19-5(13)14)20-6(15)16/h1-2H2. The number of hydrogen-bond donors (Lipinski definition) is 0. The molecular weight excluding hydrogens is 386 g/mol. The monoisotopic (exact) mass is 388 g/mol. The van der Waals surface area contributed by atoms with Gasteiger partial charge in [0.25, 0.3) is 0 Å². The molecule has 0 aromatic rings. The van der Waals surface area contributed by atoms with Crippen molar-refractivity contribution in [2.75, 3.05) is 13.1 Å². The van der Waals surface area contributed by atoms with Crippen molar-refractivity contribution in [2.45, 2.75) is 0 Å². The van der Waals surface area contributed by atoms with Gasteiger partial charge in [-0.25, -0.2) is 0 Å². The van der Waals surface area contributed by atoms with Crippen molar-refractivity contribution >= 4 is 0 Å². The maximum atomic E-state index is 10.1. The molecule has 0 saturated heterocycles. The van der Waals surface area contributed by atoms with E-state index in [0.29, 0.717) is 0 Å². The lowest BCUT2D eigenvalue weighted by molar-refractivity contribution is -1.67. The average molecular weight is 390 g/mol. The summed E-state index contributed by atoms with van der Waals surface area (Å²) in [5, 5.41) is -0.345. The van der Waals surface area contributed by atoms with Gasteiger partial charge in [-0.3, -0.25) is 0 Å². The molecule has 0 aliphatic heterocycles. The average Bonchev–Trinajstić information content (AvgIpc) is 2.22. The Morgan fingerprint density at radius 3 is 0.850 bits per heavy atom. The number of halogens is 4. The van der Waals surface area contributed by atoms with Crippen molar-refractivity contribution < 1.29 is 98.0 Å². The highest BCUT2D eigenvalue weighted by Gasteiger charge is 2.36. The molecule has 0 spiro atoms. The fourth-order valence-corrected chi connectivity index (χ4v) is 1.52. The SMILES string of the molecule is [O-][Cl+2]([O-])ON(CCN(O[Cl+2]([O-])[O-])O[Cl+2]([O-])[O-])O[Cl+2]([O-])[O-]. The normalized spacial score (nSPS) is 12.9. The Bertz CT molecular complexity index is 199. The Labute approximate surface area is 122 Å². The molecule has 0 fully saturated rings. The van der Waals surface area contributed by atoms with E-state index in [9.17, 15) is 37.3 Å². The van der Waals surface area contributed by atoms with Crippen LogP contribution in [0.25, 0.3) is 0 Å². The fourth-order valence-electron chi connectivity index (χ4n) is 0.574. The molecule has 0 bridgehead atoms. The van der Waals surface area contributed by atoms with Crippen LogP contribution in [-0.2, 0) is 17.6 Å². The van der Waals surface area contributed by atoms with Crippen molar-refractivity contribution in [2.24, 2.45) is 0 Å². The summed E-state index contributed by atoms with van der Waals surface area (Å²) in [5.41, 5.74) is 0. The number of hydroxylamine groups is 4. The second-order valence-corrected chi connectivity index (χ2v) is 4.21. The lowest BCUT2D eigenvalue weighted by Crippen LogP contribution is -2.50. The lowest BCUT2D eigenvalue weighted by Gasteiger charge is -2.08. The highest BCUT2D eigenvalue weighted by Crippen LogP contribution is 2.01. The van der Waals surface area contributed by atoms with Gasteiger partial charge in [-0.1, -0.05) is 0 Å². The Morgan fingerprint density at radius 2 is 0.700 bits per heavy atom. The van der Waals surface area contributed by atoms with E-state index >= 15 is 0 Å². The first-order chi connectivity index (χ1) is 9.20. The van der Waals surface area contributed by atoms with E-state index in [1.54, 1.807) is 0 Å². The minimum absolute atomic E-state index is 0.173. The van der Waals surface area contributed by atoms with Crippen molar-refractivity contribution in [3.8, 4) is 0 Å². The minimum atomic E-state index is -2.89. The van der Waals surface area contributed by atoms with Crippen molar-refractivity contribution in [1.82, 2.24) is 10.5 Å². The van der Waals surface area contributed by atoms with Crippen molar-refractivity contribution in [1.29, 1.82) is 0 Å². The molecule has 0 aromatic heterocycles. The zero-order valence-electron chi connectivity index (χ0n) is 8.72. The summed E-state index contributed by atoms with van der Waals surface area (Å²) < 4.78 is 96.1. The van der Waals surface area contributed by atoms with Gasteiger partial charge in [0.05, 0.1) is 13.1 Å². The van der Waals surface area contributed by atoms with Gasteiger partial charge >= 0.3 is 43.1 Å². The minimum Gasteiger partial charge on any atom is -0.319 e. The fraction of sp³-hybridized carbons (Fsp3) is 1.00. The summed E-state index contributed by atoms with van der Waals surface area (Å²) in [6.07, 6.45) is 0. The second-order valence-electron chi connectivity index (χ2n) is 2.14. The number of rotatable bonds is 11. The van der Waals surface area contributed by atoms with Crippen LogP contribution in [0.1, 0.15) is 0 Å². The van der Waals surface area contributed by atoms with Gasteiger partial charge < -0.3 is 37.3 Å². The molecule has 0 amide bonds. The molecule has 0 aliphatic rings. The smallest absolute Gasteiger partial charge is 0.315 e. The molecule has 0 radical (unpaired) electrons. The number of nitrogens with zero attached hydrogens (tertiary/aromatic N) is 2. The Balaban J connectivity index is 4.35. The van der Waals surface area contributed by atoms with E-state index < -0.39 is 56.2 Å². The van der Waals surface area contributed by atoms with E-state index in [1.165, 1.54) is 0 Å². The van der Waals surface area contributed by atoms with Crippen LogP contribution in [0, 0.1) is 43.1 Å². The van der Waals surface area contributed by atoms with Crippen molar-refractivity contribution in [3.05, 3.63) is 0 Å². The van der Waals surface area contributed by atoms with Crippen LogP contribution in [0.4, 0.5) is 0 Å². The lowest BCUT2D eigenvalue weighted by atomic mass is 10.7. The third kappa shape index (κ3) is 12.3. The largest absolute Gasteiger partial charge is 0.319 e. The summed E-state index contributed by atoms with van der Waals surface area (Å²) in [4.78, 5) is 0. The van der Waals surface area contributed by atoms with Crippen LogP contribution in [0.15, 0.2) is 0 Å². The van der Waals surface area contributed by atoms with Gasteiger partial charge in [-0.15, -0.1) is 0 Å².